The largest absolute Gasteiger partial charge is 0.456 e. The lowest BCUT2D eigenvalue weighted by Gasteiger charge is -2.19. The predicted molar refractivity (Wildman–Crippen MR) is 69.7 cm³/mol. The number of carbonyl (C=O) groups is 2. The molecule has 0 unspecified atom stereocenters. The third-order valence-corrected chi connectivity index (χ3v) is 2.00. The first kappa shape index (κ1) is 14.0. The smallest absolute Gasteiger partial charge is 0.338 e. The summed E-state index contributed by atoms with van der Waals surface area (Å²) in [6.45, 7) is 5.44. The van der Waals surface area contributed by atoms with E-state index in [0.29, 0.717) is 11.3 Å². The average molecular weight is 250 g/mol. The number of urea groups is 1. The Kier molecular flexibility index (Phi) is 4.31. The zero-order valence-electron chi connectivity index (χ0n) is 11.0. The number of ether oxygens (including phenoxy) is 1. The normalized spacial score (nSPS) is 10.7. The first-order valence-corrected chi connectivity index (χ1v) is 5.64. The zero-order valence-corrected chi connectivity index (χ0v) is 11.0. The summed E-state index contributed by atoms with van der Waals surface area (Å²) in [5, 5.41) is 5.04. The number of anilines is 1. The van der Waals surface area contributed by atoms with Gasteiger partial charge in [-0.3, -0.25) is 0 Å². The van der Waals surface area contributed by atoms with Crippen LogP contribution < -0.4 is 10.6 Å². The molecule has 98 valence electrons. The number of benzene rings is 1. The maximum Gasteiger partial charge on any atom is 0.338 e. The fourth-order valence-corrected chi connectivity index (χ4v) is 1.22. The number of hydrogen-bond donors (Lipinski definition) is 2. The highest BCUT2D eigenvalue weighted by molar-refractivity contribution is 5.92. The first-order valence-electron chi connectivity index (χ1n) is 5.64. The maximum absolute atomic E-state index is 11.7. The number of esters is 1. The SMILES string of the molecule is CNC(=O)Nc1ccc(C(=O)OC(C)(C)C)cc1. The van der Waals surface area contributed by atoms with Gasteiger partial charge < -0.3 is 15.4 Å². The van der Waals surface area contributed by atoms with Gasteiger partial charge in [-0.2, -0.15) is 0 Å². The first-order chi connectivity index (χ1) is 8.31. The van der Waals surface area contributed by atoms with Crippen LogP contribution in [0.25, 0.3) is 0 Å². The van der Waals surface area contributed by atoms with Crippen LogP contribution in [0.4, 0.5) is 10.5 Å². The molecule has 0 aromatic heterocycles. The van der Waals surface area contributed by atoms with Gasteiger partial charge in [-0.1, -0.05) is 0 Å². The number of nitrogens with one attached hydrogen (secondary N) is 2. The van der Waals surface area contributed by atoms with Crippen LogP contribution in [0.1, 0.15) is 31.1 Å². The van der Waals surface area contributed by atoms with Gasteiger partial charge in [0.2, 0.25) is 0 Å². The lowest BCUT2D eigenvalue weighted by Crippen LogP contribution is -2.25. The summed E-state index contributed by atoms with van der Waals surface area (Å²) in [5.74, 6) is -0.381. The lowest BCUT2D eigenvalue weighted by atomic mass is 10.1. The van der Waals surface area contributed by atoms with E-state index in [4.69, 9.17) is 4.74 Å². The molecule has 5 nitrogen and oxygen atoms in total. The summed E-state index contributed by atoms with van der Waals surface area (Å²) >= 11 is 0. The number of rotatable bonds is 2. The van der Waals surface area contributed by atoms with Crippen molar-refractivity contribution >= 4 is 17.7 Å². The Labute approximate surface area is 107 Å². The van der Waals surface area contributed by atoms with Crippen molar-refractivity contribution in [2.45, 2.75) is 26.4 Å². The van der Waals surface area contributed by atoms with E-state index in [2.05, 4.69) is 10.6 Å². The van der Waals surface area contributed by atoms with Crippen molar-refractivity contribution in [3.8, 4) is 0 Å². The van der Waals surface area contributed by atoms with Gasteiger partial charge in [0, 0.05) is 12.7 Å². The lowest BCUT2D eigenvalue weighted by molar-refractivity contribution is 0.00696. The monoisotopic (exact) mass is 250 g/mol. The van der Waals surface area contributed by atoms with Crippen LogP contribution in [0.15, 0.2) is 24.3 Å². The molecule has 0 heterocycles. The van der Waals surface area contributed by atoms with E-state index in [-0.39, 0.29) is 12.0 Å². The highest BCUT2D eigenvalue weighted by Crippen LogP contribution is 2.14. The van der Waals surface area contributed by atoms with E-state index in [1.807, 2.05) is 20.8 Å². The molecule has 0 radical (unpaired) electrons. The molecule has 0 atom stereocenters. The average Bonchev–Trinajstić information content (AvgIpc) is 2.27. The van der Waals surface area contributed by atoms with Crippen LogP contribution >= 0.6 is 0 Å². The van der Waals surface area contributed by atoms with E-state index < -0.39 is 5.60 Å². The summed E-state index contributed by atoms with van der Waals surface area (Å²) in [5.41, 5.74) is 0.546. The molecule has 1 aromatic rings. The van der Waals surface area contributed by atoms with Gasteiger partial charge in [0.25, 0.3) is 0 Å². The molecule has 1 rings (SSSR count). The third kappa shape index (κ3) is 4.45. The molecule has 0 saturated heterocycles. The Morgan fingerprint density at radius 1 is 1.11 bits per heavy atom. The number of carbonyl (C=O) groups excluding carboxylic acids is 2. The van der Waals surface area contributed by atoms with Gasteiger partial charge in [0.15, 0.2) is 0 Å². The van der Waals surface area contributed by atoms with Crippen molar-refractivity contribution in [2.24, 2.45) is 0 Å². The highest BCUT2D eigenvalue weighted by atomic mass is 16.6. The standard InChI is InChI=1S/C13H18N2O3/c1-13(2,3)18-11(16)9-5-7-10(8-6-9)15-12(17)14-4/h5-8H,1-4H3,(H2,14,15,17). The highest BCUT2D eigenvalue weighted by Gasteiger charge is 2.17. The predicted octanol–water partition coefficient (Wildman–Crippen LogP) is 2.39. The molecule has 0 aliphatic heterocycles. The summed E-state index contributed by atoms with van der Waals surface area (Å²) in [4.78, 5) is 22.8. The zero-order chi connectivity index (χ0) is 13.8. The molecule has 1 aromatic carbocycles. The summed E-state index contributed by atoms with van der Waals surface area (Å²) in [7, 11) is 1.53. The van der Waals surface area contributed by atoms with Gasteiger partial charge in [0.1, 0.15) is 5.60 Å². The fourth-order valence-electron chi connectivity index (χ4n) is 1.22. The second-order valence-electron chi connectivity index (χ2n) is 4.78. The Morgan fingerprint density at radius 2 is 1.67 bits per heavy atom. The molecule has 18 heavy (non-hydrogen) atoms. The van der Waals surface area contributed by atoms with Crippen LogP contribution in [-0.4, -0.2) is 24.6 Å². The topological polar surface area (TPSA) is 67.4 Å². The van der Waals surface area contributed by atoms with Crippen molar-refractivity contribution in [3.05, 3.63) is 29.8 Å². The molecule has 2 amide bonds. The Morgan fingerprint density at radius 3 is 2.11 bits per heavy atom. The molecule has 0 aliphatic carbocycles. The van der Waals surface area contributed by atoms with E-state index >= 15 is 0 Å². The Hall–Kier alpha value is -2.04. The minimum atomic E-state index is -0.518. The Balaban J connectivity index is 2.71. The molecule has 2 N–H and O–H groups in total. The number of hydrogen-bond acceptors (Lipinski definition) is 3. The second kappa shape index (κ2) is 5.53. The summed E-state index contributed by atoms with van der Waals surface area (Å²) < 4.78 is 5.23. The van der Waals surface area contributed by atoms with E-state index in [1.165, 1.54) is 7.05 Å². The molecule has 0 saturated carbocycles. The Bertz CT molecular complexity index is 433. The molecule has 0 bridgehead atoms. The molecular formula is C13H18N2O3. The van der Waals surface area contributed by atoms with Crippen LogP contribution in [0.3, 0.4) is 0 Å². The van der Waals surface area contributed by atoms with Gasteiger partial charge in [-0.25, -0.2) is 9.59 Å². The molecule has 0 aliphatic rings. The molecule has 5 heteroatoms. The van der Waals surface area contributed by atoms with Crippen molar-refractivity contribution in [2.75, 3.05) is 12.4 Å². The van der Waals surface area contributed by atoms with Crippen LogP contribution in [0.5, 0.6) is 0 Å². The fraction of sp³-hybridized carbons (Fsp3) is 0.385. The maximum atomic E-state index is 11.7. The van der Waals surface area contributed by atoms with Gasteiger partial charge >= 0.3 is 12.0 Å². The van der Waals surface area contributed by atoms with Gasteiger partial charge in [-0.05, 0) is 45.0 Å². The van der Waals surface area contributed by atoms with Crippen molar-refractivity contribution in [1.82, 2.24) is 5.32 Å². The summed E-state index contributed by atoms with van der Waals surface area (Å²) in [6, 6.07) is 6.21. The van der Waals surface area contributed by atoms with E-state index in [0.717, 1.165) is 0 Å². The quantitative estimate of drug-likeness (QED) is 0.792. The van der Waals surface area contributed by atoms with E-state index in [1.54, 1.807) is 24.3 Å². The minimum Gasteiger partial charge on any atom is -0.456 e. The molecule has 0 spiro atoms. The van der Waals surface area contributed by atoms with Crippen LogP contribution in [0, 0.1) is 0 Å². The second-order valence-corrected chi connectivity index (χ2v) is 4.78. The molecule has 0 fully saturated rings. The van der Waals surface area contributed by atoms with Crippen molar-refractivity contribution in [1.29, 1.82) is 0 Å². The van der Waals surface area contributed by atoms with Crippen LogP contribution in [-0.2, 0) is 4.74 Å². The minimum absolute atomic E-state index is 0.306. The van der Waals surface area contributed by atoms with Gasteiger partial charge in [0.05, 0.1) is 5.56 Å². The van der Waals surface area contributed by atoms with E-state index in [9.17, 15) is 9.59 Å². The third-order valence-electron chi connectivity index (χ3n) is 2.00. The van der Waals surface area contributed by atoms with Crippen molar-refractivity contribution < 1.29 is 14.3 Å². The summed E-state index contributed by atoms with van der Waals surface area (Å²) in [6.07, 6.45) is 0. The number of amides is 2. The van der Waals surface area contributed by atoms with Crippen molar-refractivity contribution in [3.63, 3.8) is 0 Å². The van der Waals surface area contributed by atoms with Crippen LogP contribution in [0.2, 0.25) is 0 Å². The van der Waals surface area contributed by atoms with Gasteiger partial charge in [-0.15, -0.1) is 0 Å². The molecular weight excluding hydrogens is 232 g/mol.